The highest BCUT2D eigenvalue weighted by atomic mass is 16.3. The van der Waals surface area contributed by atoms with Gasteiger partial charge < -0.3 is 5.11 Å². The van der Waals surface area contributed by atoms with Crippen LogP contribution in [0.1, 0.15) is 120 Å². The van der Waals surface area contributed by atoms with Crippen LogP contribution in [0.4, 0.5) is 0 Å². The molecule has 0 aromatic rings. The zero-order valence-electron chi connectivity index (χ0n) is 20.6. The van der Waals surface area contributed by atoms with Gasteiger partial charge in [0.2, 0.25) is 0 Å². The van der Waals surface area contributed by atoms with Crippen LogP contribution in [0.5, 0.6) is 0 Å². The second-order valence-electron chi connectivity index (χ2n) is 10.7. The Bertz CT molecular complexity index is 467. The van der Waals surface area contributed by atoms with E-state index >= 15 is 0 Å². The van der Waals surface area contributed by atoms with Gasteiger partial charge in [0.25, 0.3) is 0 Å². The van der Waals surface area contributed by atoms with Crippen LogP contribution in [0.25, 0.3) is 0 Å². The van der Waals surface area contributed by atoms with Crippen LogP contribution in [-0.4, -0.2) is 11.2 Å². The van der Waals surface area contributed by atoms with Gasteiger partial charge in [0.1, 0.15) is 0 Å². The standard InChI is InChI=1S/C23H40O.2C2H6/c1-5-6-19-15(2)13-21-18-8-7-16-14-17(24)9-11-22(16,3)20(18)10-12-23(19,21)4;2*1-2/h15-21,24H,5-14H2,1-4H3;2*1-2H3. The van der Waals surface area contributed by atoms with E-state index in [1.165, 1.54) is 51.4 Å². The highest BCUT2D eigenvalue weighted by molar-refractivity contribution is 5.10. The lowest BCUT2D eigenvalue weighted by molar-refractivity contribution is -0.127. The van der Waals surface area contributed by atoms with Gasteiger partial charge in [-0.05, 0) is 104 Å². The summed E-state index contributed by atoms with van der Waals surface area (Å²) < 4.78 is 0. The minimum absolute atomic E-state index is 0.00563. The lowest BCUT2D eigenvalue weighted by Crippen LogP contribution is -2.53. The Kier molecular flexibility index (Phi) is 8.52. The van der Waals surface area contributed by atoms with Gasteiger partial charge in [-0.1, -0.05) is 61.8 Å². The van der Waals surface area contributed by atoms with Crippen molar-refractivity contribution in [3.05, 3.63) is 0 Å². The minimum atomic E-state index is -0.00563. The van der Waals surface area contributed by atoms with Crippen LogP contribution in [0.15, 0.2) is 0 Å². The third-order valence-electron chi connectivity index (χ3n) is 9.84. The Morgan fingerprint density at radius 1 is 0.821 bits per heavy atom. The molecular formula is C27H52O. The quantitative estimate of drug-likeness (QED) is 0.503. The van der Waals surface area contributed by atoms with Crippen molar-refractivity contribution in [2.75, 3.05) is 0 Å². The van der Waals surface area contributed by atoms with E-state index in [9.17, 15) is 5.11 Å². The zero-order chi connectivity index (χ0) is 21.1. The number of hydrogen-bond donors (Lipinski definition) is 1. The molecule has 0 radical (unpaired) electrons. The third kappa shape index (κ3) is 3.95. The van der Waals surface area contributed by atoms with Gasteiger partial charge in [-0.25, -0.2) is 0 Å². The van der Waals surface area contributed by atoms with Gasteiger partial charge in [-0.3, -0.25) is 0 Å². The molecule has 4 saturated carbocycles. The maximum Gasteiger partial charge on any atom is 0.0543 e. The predicted molar refractivity (Wildman–Crippen MR) is 123 cm³/mol. The van der Waals surface area contributed by atoms with Crippen molar-refractivity contribution in [3.63, 3.8) is 0 Å². The lowest BCUT2D eigenvalue weighted by atomic mass is 9.44. The summed E-state index contributed by atoms with van der Waals surface area (Å²) in [5, 5.41) is 10.2. The summed E-state index contributed by atoms with van der Waals surface area (Å²) in [7, 11) is 0. The van der Waals surface area contributed by atoms with Crippen LogP contribution in [0.2, 0.25) is 0 Å². The smallest absolute Gasteiger partial charge is 0.0543 e. The average molecular weight is 393 g/mol. The third-order valence-corrected chi connectivity index (χ3v) is 9.84. The second kappa shape index (κ2) is 9.84. The molecule has 1 N–H and O–H groups in total. The summed E-state index contributed by atoms with van der Waals surface area (Å²) in [6.07, 6.45) is 13.6. The number of aliphatic hydroxyl groups excluding tert-OH is 1. The monoisotopic (exact) mass is 392 g/mol. The molecule has 4 rings (SSSR count). The highest BCUT2D eigenvalue weighted by Gasteiger charge is 2.61. The van der Waals surface area contributed by atoms with Gasteiger partial charge in [0, 0.05) is 0 Å². The van der Waals surface area contributed by atoms with Gasteiger partial charge in [-0.15, -0.1) is 0 Å². The number of rotatable bonds is 2. The maximum atomic E-state index is 10.2. The maximum absolute atomic E-state index is 10.2. The van der Waals surface area contributed by atoms with E-state index in [4.69, 9.17) is 0 Å². The highest BCUT2D eigenvalue weighted by Crippen LogP contribution is 2.68. The molecule has 28 heavy (non-hydrogen) atoms. The van der Waals surface area contributed by atoms with E-state index < -0.39 is 0 Å². The molecule has 0 spiro atoms. The largest absolute Gasteiger partial charge is 0.393 e. The van der Waals surface area contributed by atoms with E-state index in [0.29, 0.717) is 10.8 Å². The second-order valence-corrected chi connectivity index (χ2v) is 10.7. The van der Waals surface area contributed by atoms with E-state index in [0.717, 1.165) is 48.3 Å². The molecule has 4 aliphatic rings. The minimum Gasteiger partial charge on any atom is -0.393 e. The fourth-order valence-electron chi connectivity index (χ4n) is 8.63. The Morgan fingerprint density at radius 3 is 2.11 bits per heavy atom. The summed E-state index contributed by atoms with van der Waals surface area (Å²) in [5.74, 6) is 5.66. The molecule has 9 atom stereocenters. The van der Waals surface area contributed by atoms with Crippen LogP contribution in [0.3, 0.4) is 0 Å². The van der Waals surface area contributed by atoms with Gasteiger partial charge in [0.15, 0.2) is 0 Å². The molecular weight excluding hydrogens is 340 g/mol. The Balaban J connectivity index is 0.000000660. The Morgan fingerprint density at radius 2 is 1.46 bits per heavy atom. The molecule has 4 aliphatic carbocycles. The summed E-state index contributed by atoms with van der Waals surface area (Å²) in [6.45, 7) is 18.2. The van der Waals surface area contributed by atoms with E-state index in [1.807, 2.05) is 27.7 Å². The normalized spacial score (nSPS) is 49.4. The molecule has 0 aromatic heterocycles. The SMILES string of the molecule is CC.CC.CCCC1C(C)CC2C3CCC4CC(O)CCC4(C)C3CCC12C. The van der Waals surface area contributed by atoms with Crippen molar-refractivity contribution in [2.24, 2.45) is 46.3 Å². The number of aliphatic hydroxyl groups is 1. The number of fused-ring (bicyclic) bond motifs is 5. The molecule has 1 nitrogen and oxygen atoms in total. The van der Waals surface area contributed by atoms with Crippen LogP contribution >= 0.6 is 0 Å². The van der Waals surface area contributed by atoms with E-state index in [-0.39, 0.29) is 6.10 Å². The molecule has 0 saturated heterocycles. The van der Waals surface area contributed by atoms with Gasteiger partial charge in [-0.2, -0.15) is 0 Å². The summed E-state index contributed by atoms with van der Waals surface area (Å²) in [6, 6.07) is 0. The Hall–Kier alpha value is -0.0400. The van der Waals surface area contributed by atoms with Crippen molar-refractivity contribution < 1.29 is 5.11 Å². The fraction of sp³-hybridized carbons (Fsp3) is 1.00. The topological polar surface area (TPSA) is 20.2 Å². The first-order chi connectivity index (χ1) is 13.4. The van der Waals surface area contributed by atoms with Gasteiger partial charge >= 0.3 is 0 Å². The first-order valence-electron chi connectivity index (χ1n) is 13.1. The first-order valence-corrected chi connectivity index (χ1v) is 13.1. The van der Waals surface area contributed by atoms with Gasteiger partial charge in [0.05, 0.1) is 6.10 Å². The number of hydrogen-bond acceptors (Lipinski definition) is 1. The molecule has 0 bridgehead atoms. The molecule has 4 fully saturated rings. The molecule has 0 aliphatic heterocycles. The van der Waals surface area contributed by atoms with Crippen LogP contribution < -0.4 is 0 Å². The van der Waals surface area contributed by atoms with Crippen molar-refractivity contribution in [2.45, 2.75) is 126 Å². The van der Waals surface area contributed by atoms with Crippen molar-refractivity contribution in [1.29, 1.82) is 0 Å². The summed E-state index contributed by atoms with van der Waals surface area (Å²) in [4.78, 5) is 0. The van der Waals surface area contributed by atoms with Crippen molar-refractivity contribution in [1.82, 2.24) is 0 Å². The first kappa shape index (κ1) is 24.2. The van der Waals surface area contributed by atoms with Crippen molar-refractivity contribution in [3.8, 4) is 0 Å². The fourth-order valence-corrected chi connectivity index (χ4v) is 8.63. The Labute approximate surface area is 177 Å². The van der Waals surface area contributed by atoms with E-state index in [2.05, 4.69) is 27.7 Å². The predicted octanol–water partition coefficient (Wildman–Crippen LogP) is 8.10. The summed E-state index contributed by atoms with van der Waals surface area (Å²) >= 11 is 0. The van der Waals surface area contributed by atoms with Crippen molar-refractivity contribution >= 4 is 0 Å². The average Bonchev–Trinajstić information content (AvgIpc) is 2.96. The molecule has 1 heteroatoms. The van der Waals surface area contributed by atoms with Crippen LogP contribution in [0, 0.1) is 46.3 Å². The van der Waals surface area contributed by atoms with Crippen LogP contribution in [-0.2, 0) is 0 Å². The zero-order valence-corrected chi connectivity index (χ0v) is 20.6. The molecule has 166 valence electrons. The summed E-state index contributed by atoms with van der Waals surface area (Å²) in [5.41, 5.74) is 1.17. The molecule has 9 unspecified atom stereocenters. The van der Waals surface area contributed by atoms with E-state index in [1.54, 1.807) is 0 Å². The lowest BCUT2D eigenvalue weighted by Gasteiger charge is -2.61. The molecule has 0 amide bonds. The molecule has 0 heterocycles. The molecule has 0 aromatic carbocycles.